The molecule has 1 fully saturated rings. The molecule has 0 aromatic heterocycles. The van der Waals surface area contributed by atoms with Crippen molar-refractivity contribution in [1.29, 1.82) is 0 Å². The number of nitrogens with zero attached hydrogens (tertiary/aromatic N) is 1. The van der Waals surface area contributed by atoms with E-state index in [1.165, 1.54) is 38.6 Å². The van der Waals surface area contributed by atoms with Crippen molar-refractivity contribution in [2.45, 2.75) is 65.0 Å². The van der Waals surface area contributed by atoms with Gasteiger partial charge in [0.15, 0.2) is 0 Å². The van der Waals surface area contributed by atoms with Gasteiger partial charge in [-0.3, -0.25) is 0 Å². The first kappa shape index (κ1) is 14.0. The third-order valence-corrected chi connectivity index (χ3v) is 3.82. The van der Waals surface area contributed by atoms with E-state index in [1.54, 1.807) is 0 Å². The summed E-state index contributed by atoms with van der Waals surface area (Å²) in [5, 5.41) is 3.66. The quantitative estimate of drug-likeness (QED) is 0.749. The number of rotatable bonds is 6. The molecule has 0 heterocycles. The van der Waals surface area contributed by atoms with Crippen molar-refractivity contribution < 1.29 is 0 Å². The minimum absolute atomic E-state index is 0.732. The summed E-state index contributed by atoms with van der Waals surface area (Å²) >= 11 is 0. The van der Waals surface area contributed by atoms with Gasteiger partial charge in [0, 0.05) is 12.1 Å². The van der Waals surface area contributed by atoms with Crippen molar-refractivity contribution in [1.82, 2.24) is 10.2 Å². The van der Waals surface area contributed by atoms with Gasteiger partial charge in [0.1, 0.15) is 0 Å². The van der Waals surface area contributed by atoms with Gasteiger partial charge in [0.25, 0.3) is 0 Å². The van der Waals surface area contributed by atoms with E-state index in [9.17, 15) is 0 Å². The first-order valence-electron chi connectivity index (χ1n) is 7.08. The molecule has 1 aliphatic rings. The van der Waals surface area contributed by atoms with Gasteiger partial charge < -0.3 is 10.2 Å². The predicted octanol–water partition coefficient (Wildman–Crippen LogP) is 2.89. The Morgan fingerprint density at radius 2 is 1.94 bits per heavy atom. The Morgan fingerprint density at radius 1 is 1.25 bits per heavy atom. The molecule has 0 aliphatic heterocycles. The normalized spacial score (nSPS) is 26.6. The Kier molecular flexibility index (Phi) is 6.37. The van der Waals surface area contributed by atoms with Gasteiger partial charge in [-0.1, -0.05) is 33.6 Å². The van der Waals surface area contributed by atoms with Crippen LogP contribution in [0.2, 0.25) is 0 Å². The van der Waals surface area contributed by atoms with Crippen molar-refractivity contribution in [3.63, 3.8) is 0 Å². The Labute approximate surface area is 102 Å². The molecule has 0 saturated heterocycles. The molecular weight excluding hydrogens is 196 g/mol. The minimum atomic E-state index is 0.732. The monoisotopic (exact) mass is 226 g/mol. The van der Waals surface area contributed by atoms with Crippen molar-refractivity contribution in [3.8, 4) is 0 Å². The van der Waals surface area contributed by atoms with Crippen molar-refractivity contribution in [2.75, 3.05) is 20.1 Å². The molecule has 0 spiro atoms. The van der Waals surface area contributed by atoms with Gasteiger partial charge in [-0.25, -0.2) is 0 Å². The maximum atomic E-state index is 3.66. The smallest absolute Gasteiger partial charge is 0.0246 e. The molecule has 1 saturated carbocycles. The van der Waals surface area contributed by atoms with Gasteiger partial charge in [-0.2, -0.15) is 0 Å². The van der Waals surface area contributed by atoms with Crippen molar-refractivity contribution >= 4 is 0 Å². The van der Waals surface area contributed by atoms with Crippen LogP contribution < -0.4 is 5.32 Å². The van der Waals surface area contributed by atoms with Crippen LogP contribution >= 0.6 is 0 Å². The molecule has 96 valence electrons. The molecular formula is C14H30N2. The largest absolute Gasteiger partial charge is 0.313 e. The van der Waals surface area contributed by atoms with Crippen LogP contribution in [0, 0.1) is 5.92 Å². The van der Waals surface area contributed by atoms with Gasteiger partial charge >= 0.3 is 0 Å². The van der Waals surface area contributed by atoms with E-state index in [-0.39, 0.29) is 0 Å². The highest BCUT2D eigenvalue weighted by Crippen LogP contribution is 2.23. The lowest BCUT2D eigenvalue weighted by molar-refractivity contribution is 0.145. The van der Waals surface area contributed by atoms with Crippen LogP contribution in [0.1, 0.15) is 52.9 Å². The van der Waals surface area contributed by atoms with E-state index in [0.29, 0.717) is 0 Å². The molecule has 2 heteroatoms. The number of hydrogen-bond donors (Lipinski definition) is 1. The highest BCUT2D eigenvalue weighted by Gasteiger charge is 2.27. The Hall–Kier alpha value is -0.0800. The molecule has 1 aliphatic carbocycles. The Bertz CT molecular complexity index is 178. The number of nitrogens with one attached hydrogen (secondary N) is 1. The lowest BCUT2D eigenvalue weighted by atomic mass is 9.89. The van der Waals surface area contributed by atoms with Crippen LogP contribution in [0.15, 0.2) is 0 Å². The van der Waals surface area contributed by atoms with Crippen molar-refractivity contribution in [2.24, 2.45) is 5.92 Å². The maximum absolute atomic E-state index is 3.66. The molecule has 0 aromatic carbocycles. The molecule has 0 aromatic rings. The molecule has 2 nitrogen and oxygen atoms in total. The van der Waals surface area contributed by atoms with Crippen LogP contribution in [0.5, 0.6) is 0 Å². The fourth-order valence-corrected chi connectivity index (χ4v) is 2.77. The first-order chi connectivity index (χ1) is 7.65. The summed E-state index contributed by atoms with van der Waals surface area (Å²) in [6, 6.07) is 1.50. The topological polar surface area (TPSA) is 15.3 Å². The van der Waals surface area contributed by atoms with Crippen LogP contribution in [-0.2, 0) is 0 Å². The summed E-state index contributed by atoms with van der Waals surface area (Å²) in [4.78, 5) is 2.59. The molecule has 1 N–H and O–H groups in total. The van der Waals surface area contributed by atoms with E-state index in [0.717, 1.165) is 24.5 Å². The lowest BCUT2D eigenvalue weighted by Crippen LogP contribution is -2.50. The number of hydrogen-bond acceptors (Lipinski definition) is 2. The summed E-state index contributed by atoms with van der Waals surface area (Å²) in [5.74, 6) is 0.823. The highest BCUT2D eigenvalue weighted by molar-refractivity contribution is 4.86. The zero-order chi connectivity index (χ0) is 12.0. The lowest BCUT2D eigenvalue weighted by Gasteiger charge is -2.38. The van der Waals surface area contributed by atoms with E-state index < -0.39 is 0 Å². The summed E-state index contributed by atoms with van der Waals surface area (Å²) in [7, 11) is 2.31. The zero-order valence-electron chi connectivity index (χ0n) is 11.6. The zero-order valence-corrected chi connectivity index (χ0v) is 11.6. The average Bonchev–Trinajstić information content (AvgIpc) is 2.27. The molecule has 1 rings (SSSR count). The Morgan fingerprint density at radius 3 is 2.56 bits per heavy atom. The van der Waals surface area contributed by atoms with E-state index in [2.05, 4.69) is 38.0 Å². The fourth-order valence-electron chi connectivity index (χ4n) is 2.77. The number of likely N-dealkylation sites (N-methyl/N-ethyl adjacent to an activating group) is 2. The molecule has 2 atom stereocenters. The third-order valence-electron chi connectivity index (χ3n) is 3.82. The Balaban J connectivity index is 2.40. The summed E-state index contributed by atoms with van der Waals surface area (Å²) in [6.45, 7) is 9.22. The van der Waals surface area contributed by atoms with Gasteiger partial charge in [0.2, 0.25) is 0 Å². The molecule has 16 heavy (non-hydrogen) atoms. The molecule has 0 amide bonds. The van der Waals surface area contributed by atoms with Crippen LogP contribution in [0.4, 0.5) is 0 Å². The predicted molar refractivity (Wildman–Crippen MR) is 71.8 cm³/mol. The highest BCUT2D eigenvalue weighted by atomic mass is 15.2. The SMILES string of the molecule is CCNC1CCCCC1N(C)CCC(C)C. The van der Waals surface area contributed by atoms with Crippen LogP contribution in [0.3, 0.4) is 0 Å². The van der Waals surface area contributed by atoms with Gasteiger partial charge in [0.05, 0.1) is 0 Å². The summed E-state index contributed by atoms with van der Waals surface area (Å²) in [5.41, 5.74) is 0. The molecule has 0 bridgehead atoms. The average molecular weight is 226 g/mol. The first-order valence-corrected chi connectivity index (χ1v) is 7.08. The second-order valence-electron chi connectivity index (χ2n) is 5.68. The van der Waals surface area contributed by atoms with E-state index >= 15 is 0 Å². The fraction of sp³-hybridized carbons (Fsp3) is 1.00. The van der Waals surface area contributed by atoms with E-state index in [4.69, 9.17) is 0 Å². The van der Waals surface area contributed by atoms with Gasteiger partial charge in [-0.15, -0.1) is 0 Å². The standard InChI is InChI=1S/C14H30N2/c1-5-15-13-8-6-7-9-14(13)16(4)11-10-12(2)3/h12-15H,5-11H2,1-4H3. The maximum Gasteiger partial charge on any atom is 0.0246 e. The van der Waals surface area contributed by atoms with Crippen LogP contribution in [0.25, 0.3) is 0 Å². The molecule has 2 unspecified atom stereocenters. The second-order valence-corrected chi connectivity index (χ2v) is 5.68. The second kappa shape index (κ2) is 7.29. The minimum Gasteiger partial charge on any atom is -0.313 e. The summed E-state index contributed by atoms with van der Waals surface area (Å²) in [6.07, 6.45) is 6.90. The molecule has 0 radical (unpaired) electrons. The van der Waals surface area contributed by atoms with E-state index in [1.807, 2.05) is 0 Å². The van der Waals surface area contributed by atoms with Gasteiger partial charge in [-0.05, 0) is 45.3 Å². The summed E-state index contributed by atoms with van der Waals surface area (Å²) < 4.78 is 0. The van der Waals surface area contributed by atoms with Crippen molar-refractivity contribution in [3.05, 3.63) is 0 Å². The van der Waals surface area contributed by atoms with Crippen LogP contribution in [-0.4, -0.2) is 37.1 Å². The third kappa shape index (κ3) is 4.42.